The number of hydrogen-bond donors (Lipinski definition) is 1. The standard InChI is InChI=1S/C22H25Cl2N5OS/c1-4-18(28(2)3)21-26-27-22(29(21)13-15-9-6-5-7-10-15)31-14-19(30)25-20-16(23)11-8-12-17(20)24/h5-12,18H,4,13-14H2,1-3H3,(H,25,30). The van der Waals surface area contributed by atoms with Gasteiger partial charge < -0.3 is 9.88 Å². The molecule has 0 fully saturated rings. The Kier molecular flexibility index (Phi) is 8.37. The SMILES string of the molecule is CCC(c1nnc(SCC(=O)Nc2c(Cl)cccc2Cl)n1Cc1ccccc1)N(C)C. The molecule has 3 rings (SSSR count). The fourth-order valence-electron chi connectivity index (χ4n) is 3.27. The van der Waals surface area contributed by atoms with E-state index in [0.29, 0.717) is 27.4 Å². The van der Waals surface area contributed by atoms with E-state index in [9.17, 15) is 4.79 Å². The van der Waals surface area contributed by atoms with E-state index in [4.69, 9.17) is 23.2 Å². The summed E-state index contributed by atoms with van der Waals surface area (Å²) in [4.78, 5) is 14.7. The fourth-order valence-corrected chi connectivity index (χ4v) is 4.51. The highest BCUT2D eigenvalue weighted by Crippen LogP contribution is 2.30. The third kappa shape index (κ3) is 6.01. The van der Waals surface area contributed by atoms with Gasteiger partial charge in [0, 0.05) is 0 Å². The van der Waals surface area contributed by atoms with Crippen LogP contribution in [0.2, 0.25) is 10.0 Å². The molecule has 6 nitrogen and oxygen atoms in total. The summed E-state index contributed by atoms with van der Waals surface area (Å²) in [6.07, 6.45) is 0.899. The lowest BCUT2D eigenvalue weighted by molar-refractivity contribution is -0.113. The Morgan fingerprint density at radius 2 is 1.77 bits per heavy atom. The lowest BCUT2D eigenvalue weighted by Crippen LogP contribution is -2.23. The fraction of sp³-hybridized carbons (Fsp3) is 0.318. The van der Waals surface area contributed by atoms with E-state index in [1.807, 2.05) is 32.3 Å². The molecule has 0 aliphatic rings. The molecule has 1 heterocycles. The molecular formula is C22H25Cl2N5OS. The third-order valence-electron chi connectivity index (χ3n) is 4.80. The van der Waals surface area contributed by atoms with Gasteiger partial charge in [-0.15, -0.1) is 10.2 Å². The second kappa shape index (κ2) is 11.0. The topological polar surface area (TPSA) is 63.1 Å². The number of nitrogens with zero attached hydrogens (tertiary/aromatic N) is 4. The first-order valence-corrected chi connectivity index (χ1v) is 11.6. The molecule has 1 amide bonds. The summed E-state index contributed by atoms with van der Waals surface area (Å²) in [5, 5.41) is 13.1. The minimum absolute atomic E-state index is 0.126. The molecule has 9 heteroatoms. The molecule has 0 aliphatic heterocycles. The smallest absolute Gasteiger partial charge is 0.234 e. The van der Waals surface area contributed by atoms with E-state index in [0.717, 1.165) is 17.8 Å². The van der Waals surface area contributed by atoms with Crippen LogP contribution in [0.4, 0.5) is 5.69 Å². The predicted molar refractivity (Wildman–Crippen MR) is 128 cm³/mol. The Hall–Kier alpha value is -2.06. The Morgan fingerprint density at radius 3 is 2.39 bits per heavy atom. The van der Waals surface area contributed by atoms with Crippen LogP contribution in [0, 0.1) is 0 Å². The maximum absolute atomic E-state index is 12.6. The van der Waals surface area contributed by atoms with Crippen molar-refractivity contribution in [1.29, 1.82) is 0 Å². The number of benzene rings is 2. The van der Waals surface area contributed by atoms with E-state index < -0.39 is 0 Å². The molecule has 0 aliphatic carbocycles. The number of thioether (sulfide) groups is 1. The molecule has 0 spiro atoms. The van der Waals surface area contributed by atoms with Crippen LogP contribution in [-0.2, 0) is 11.3 Å². The van der Waals surface area contributed by atoms with Gasteiger partial charge in [-0.1, -0.05) is 78.3 Å². The molecule has 0 radical (unpaired) electrons. The van der Waals surface area contributed by atoms with Crippen molar-refractivity contribution < 1.29 is 4.79 Å². The third-order valence-corrected chi connectivity index (χ3v) is 6.39. The molecular weight excluding hydrogens is 453 g/mol. The maximum atomic E-state index is 12.6. The first-order valence-electron chi connectivity index (χ1n) is 9.90. The summed E-state index contributed by atoms with van der Waals surface area (Å²) in [6, 6.07) is 15.4. The zero-order valence-electron chi connectivity index (χ0n) is 17.7. The Bertz CT molecular complexity index is 1010. The summed E-state index contributed by atoms with van der Waals surface area (Å²) in [5.41, 5.74) is 1.56. The number of hydrogen-bond acceptors (Lipinski definition) is 5. The molecule has 0 saturated heterocycles. The van der Waals surface area contributed by atoms with Crippen molar-refractivity contribution in [2.24, 2.45) is 0 Å². The summed E-state index contributed by atoms with van der Waals surface area (Å²) in [6.45, 7) is 2.76. The van der Waals surface area contributed by atoms with Crippen LogP contribution in [0.25, 0.3) is 0 Å². The largest absolute Gasteiger partial charge is 0.323 e. The first kappa shape index (κ1) is 23.6. The summed E-state index contributed by atoms with van der Waals surface area (Å²) >= 11 is 13.6. The van der Waals surface area contributed by atoms with Gasteiger partial charge in [-0.2, -0.15) is 0 Å². The van der Waals surface area contributed by atoms with Gasteiger partial charge in [0.05, 0.1) is 34.1 Å². The number of carbonyl (C=O) groups excluding carboxylic acids is 1. The molecule has 0 bridgehead atoms. The van der Waals surface area contributed by atoms with Crippen molar-refractivity contribution in [3.05, 3.63) is 70.0 Å². The number of rotatable bonds is 9. The Balaban J connectivity index is 1.80. The van der Waals surface area contributed by atoms with Crippen LogP contribution in [0.3, 0.4) is 0 Å². The molecule has 1 atom stereocenters. The van der Waals surface area contributed by atoms with E-state index in [1.54, 1.807) is 18.2 Å². The number of nitrogens with one attached hydrogen (secondary N) is 1. The highest BCUT2D eigenvalue weighted by molar-refractivity contribution is 7.99. The zero-order valence-corrected chi connectivity index (χ0v) is 20.0. The van der Waals surface area contributed by atoms with E-state index >= 15 is 0 Å². The quantitative estimate of drug-likeness (QED) is 0.419. The van der Waals surface area contributed by atoms with Gasteiger partial charge in [-0.25, -0.2) is 0 Å². The minimum Gasteiger partial charge on any atom is -0.323 e. The minimum atomic E-state index is -0.213. The first-order chi connectivity index (χ1) is 14.9. The second-order valence-electron chi connectivity index (χ2n) is 7.23. The molecule has 1 aromatic heterocycles. The monoisotopic (exact) mass is 477 g/mol. The van der Waals surface area contributed by atoms with Crippen LogP contribution in [0.5, 0.6) is 0 Å². The van der Waals surface area contributed by atoms with E-state index in [-0.39, 0.29) is 17.7 Å². The lowest BCUT2D eigenvalue weighted by atomic mass is 10.2. The van der Waals surface area contributed by atoms with Crippen molar-refractivity contribution in [2.45, 2.75) is 31.1 Å². The molecule has 31 heavy (non-hydrogen) atoms. The second-order valence-corrected chi connectivity index (χ2v) is 8.99. The average Bonchev–Trinajstić information content (AvgIpc) is 3.12. The van der Waals surface area contributed by atoms with Gasteiger partial charge in [0.15, 0.2) is 11.0 Å². The van der Waals surface area contributed by atoms with Crippen LogP contribution >= 0.6 is 35.0 Å². The summed E-state index contributed by atoms with van der Waals surface area (Å²) in [5.74, 6) is 0.830. The van der Waals surface area contributed by atoms with Crippen molar-refractivity contribution in [1.82, 2.24) is 19.7 Å². The molecule has 3 aromatic rings. The van der Waals surface area contributed by atoms with Crippen LogP contribution in [0.15, 0.2) is 53.7 Å². The normalized spacial score (nSPS) is 12.2. The van der Waals surface area contributed by atoms with Crippen LogP contribution < -0.4 is 5.32 Å². The molecule has 164 valence electrons. The van der Waals surface area contributed by atoms with Crippen molar-refractivity contribution in [3.8, 4) is 0 Å². The molecule has 2 aromatic carbocycles. The average molecular weight is 478 g/mol. The Morgan fingerprint density at radius 1 is 1.10 bits per heavy atom. The van der Waals surface area contributed by atoms with Gasteiger partial charge in [0.1, 0.15) is 0 Å². The van der Waals surface area contributed by atoms with E-state index in [2.05, 4.69) is 44.0 Å². The maximum Gasteiger partial charge on any atom is 0.234 e. The molecule has 1 unspecified atom stereocenters. The highest BCUT2D eigenvalue weighted by atomic mass is 35.5. The molecule has 1 N–H and O–H groups in total. The number of carbonyl (C=O) groups is 1. The van der Waals surface area contributed by atoms with Gasteiger partial charge in [0.25, 0.3) is 0 Å². The number of amides is 1. The highest BCUT2D eigenvalue weighted by Gasteiger charge is 2.23. The zero-order chi connectivity index (χ0) is 22.4. The van der Waals surface area contributed by atoms with Crippen molar-refractivity contribution in [2.75, 3.05) is 25.2 Å². The van der Waals surface area contributed by atoms with Crippen molar-refractivity contribution in [3.63, 3.8) is 0 Å². The summed E-state index contributed by atoms with van der Waals surface area (Å²) < 4.78 is 2.09. The van der Waals surface area contributed by atoms with Gasteiger partial charge in [-0.3, -0.25) is 9.69 Å². The van der Waals surface area contributed by atoms with Gasteiger partial charge >= 0.3 is 0 Å². The van der Waals surface area contributed by atoms with Gasteiger partial charge in [0.2, 0.25) is 5.91 Å². The number of anilines is 1. The lowest BCUT2D eigenvalue weighted by Gasteiger charge is -2.23. The number of halogens is 2. The van der Waals surface area contributed by atoms with E-state index in [1.165, 1.54) is 11.8 Å². The number of aromatic nitrogens is 3. The van der Waals surface area contributed by atoms with Crippen LogP contribution in [-0.4, -0.2) is 45.4 Å². The summed E-state index contributed by atoms with van der Waals surface area (Å²) in [7, 11) is 4.06. The van der Waals surface area contributed by atoms with Crippen molar-refractivity contribution >= 4 is 46.6 Å². The molecule has 0 saturated carbocycles. The van der Waals surface area contributed by atoms with Gasteiger partial charge in [-0.05, 0) is 38.2 Å². The Labute approximate surface area is 196 Å². The number of para-hydroxylation sites is 1. The predicted octanol–water partition coefficient (Wildman–Crippen LogP) is 5.38. The van der Waals surface area contributed by atoms with Crippen LogP contribution in [0.1, 0.15) is 30.8 Å².